The van der Waals surface area contributed by atoms with E-state index < -0.39 is 0 Å². The zero-order valence-electron chi connectivity index (χ0n) is 11.2. The van der Waals surface area contributed by atoms with Gasteiger partial charge in [-0.25, -0.2) is 9.97 Å². The highest BCUT2D eigenvalue weighted by atomic mass is 32.2. The highest BCUT2D eigenvalue weighted by Crippen LogP contribution is 2.37. The van der Waals surface area contributed by atoms with Crippen LogP contribution in [-0.4, -0.2) is 22.1 Å². The third kappa shape index (κ3) is 2.99. The molecule has 0 atom stereocenters. The van der Waals surface area contributed by atoms with Crippen LogP contribution in [0, 0.1) is 0 Å². The second-order valence-corrected chi connectivity index (χ2v) is 5.67. The van der Waals surface area contributed by atoms with Gasteiger partial charge in [-0.3, -0.25) is 4.79 Å². The molecule has 2 aromatic rings. The molecule has 1 amide bonds. The fourth-order valence-corrected chi connectivity index (χ4v) is 2.37. The molecule has 0 saturated heterocycles. The van der Waals surface area contributed by atoms with Gasteiger partial charge in [-0.2, -0.15) is 0 Å². The number of aromatic nitrogens is 2. The maximum absolute atomic E-state index is 12.1. The van der Waals surface area contributed by atoms with Crippen LogP contribution < -0.4 is 5.32 Å². The zero-order chi connectivity index (χ0) is 13.9. The number of hydrogen-bond donors (Lipinski definition) is 1. The van der Waals surface area contributed by atoms with Crippen LogP contribution >= 0.6 is 11.8 Å². The zero-order valence-corrected chi connectivity index (χ0v) is 12.0. The molecule has 3 rings (SSSR count). The molecule has 1 saturated carbocycles. The van der Waals surface area contributed by atoms with Crippen molar-refractivity contribution < 1.29 is 4.79 Å². The maximum Gasteiger partial charge on any atom is 0.258 e. The predicted molar refractivity (Wildman–Crippen MR) is 80.2 cm³/mol. The number of rotatable bonds is 4. The average Bonchev–Trinajstić information content (AvgIpc) is 3.32. The monoisotopic (exact) mass is 285 g/mol. The van der Waals surface area contributed by atoms with E-state index in [-0.39, 0.29) is 5.91 Å². The van der Waals surface area contributed by atoms with E-state index in [0.29, 0.717) is 11.5 Å². The number of hydrogen-bond acceptors (Lipinski definition) is 4. The number of thioether (sulfide) groups is 1. The van der Waals surface area contributed by atoms with Crippen molar-refractivity contribution in [3.8, 4) is 0 Å². The summed E-state index contributed by atoms with van der Waals surface area (Å²) in [6.45, 7) is 0. The fraction of sp³-hybridized carbons (Fsp3) is 0.267. The largest absolute Gasteiger partial charge is 0.322 e. The predicted octanol–water partition coefficient (Wildman–Crippen LogP) is 3.33. The Morgan fingerprint density at radius 3 is 2.70 bits per heavy atom. The quantitative estimate of drug-likeness (QED) is 0.875. The van der Waals surface area contributed by atoms with Crippen LogP contribution in [0.3, 0.4) is 0 Å². The van der Waals surface area contributed by atoms with Gasteiger partial charge in [0.1, 0.15) is 5.82 Å². The first-order valence-corrected chi connectivity index (χ1v) is 7.76. The second kappa shape index (κ2) is 5.63. The van der Waals surface area contributed by atoms with Crippen molar-refractivity contribution in [1.29, 1.82) is 0 Å². The molecule has 0 spiro atoms. The second-order valence-electron chi connectivity index (χ2n) is 4.79. The molecule has 102 valence electrons. The minimum absolute atomic E-state index is 0.175. The summed E-state index contributed by atoms with van der Waals surface area (Å²) in [5, 5.41) is 2.86. The minimum atomic E-state index is -0.175. The summed E-state index contributed by atoms with van der Waals surface area (Å²) >= 11 is 1.64. The van der Waals surface area contributed by atoms with E-state index in [1.165, 1.54) is 0 Å². The van der Waals surface area contributed by atoms with Gasteiger partial charge in [-0.15, -0.1) is 11.8 Å². The molecule has 20 heavy (non-hydrogen) atoms. The van der Waals surface area contributed by atoms with Gasteiger partial charge in [0.2, 0.25) is 0 Å². The maximum atomic E-state index is 12.1. The van der Waals surface area contributed by atoms with Crippen molar-refractivity contribution in [3.63, 3.8) is 0 Å². The normalized spacial score (nSPS) is 14.1. The molecule has 0 aliphatic heterocycles. The van der Waals surface area contributed by atoms with Gasteiger partial charge in [-0.05, 0) is 37.3 Å². The topological polar surface area (TPSA) is 54.9 Å². The van der Waals surface area contributed by atoms with Gasteiger partial charge >= 0.3 is 0 Å². The molecular formula is C15H15N3OS. The molecule has 1 aliphatic carbocycles. The van der Waals surface area contributed by atoms with Gasteiger partial charge in [0.05, 0.1) is 5.56 Å². The highest BCUT2D eigenvalue weighted by molar-refractivity contribution is 7.98. The van der Waals surface area contributed by atoms with Crippen molar-refractivity contribution >= 4 is 23.4 Å². The van der Waals surface area contributed by atoms with Crippen LogP contribution in [0.5, 0.6) is 0 Å². The Labute approximate surface area is 122 Å². The van der Waals surface area contributed by atoms with Gasteiger partial charge in [0.25, 0.3) is 5.91 Å². The summed E-state index contributed by atoms with van der Waals surface area (Å²) < 4.78 is 0. The van der Waals surface area contributed by atoms with Crippen LogP contribution in [0.1, 0.15) is 34.9 Å². The Morgan fingerprint density at radius 2 is 2.05 bits per heavy atom. The number of nitrogens with zero attached hydrogens (tertiary/aromatic N) is 2. The number of amides is 1. The summed E-state index contributed by atoms with van der Waals surface area (Å²) in [5.41, 5.74) is 1.28. The van der Waals surface area contributed by atoms with Crippen molar-refractivity contribution in [1.82, 2.24) is 9.97 Å². The molecule has 1 aromatic heterocycles. The van der Waals surface area contributed by atoms with Crippen molar-refractivity contribution in [2.45, 2.75) is 23.7 Å². The lowest BCUT2D eigenvalue weighted by atomic mass is 10.2. The molecule has 0 bridgehead atoms. The van der Waals surface area contributed by atoms with E-state index in [1.807, 2.05) is 30.5 Å². The standard InChI is InChI=1S/C15H15N3OS/c1-20-13-4-2-3-12(7-13)18-15(19)11-8-16-14(17-9-11)10-5-6-10/h2-4,7-10H,5-6H2,1H3,(H,18,19). The number of benzene rings is 1. The molecule has 5 heteroatoms. The van der Waals surface area contributed by atoms with Crippen molar-refractivity contribution in [3.05, 3.63) is 48.0 Å². The van der Waals surface area contributed by atoms with E-state index in [0.717, 1.165) is 29.2 Å². The molecule has 1 aromatic carbocycles. The van der Waals surface area contributed by atoms with E-state index in [2.05, 4.69) is 15.3 Å². The summed E-state index contributed by atoms with van der Waals surface area (Å²) in [4.78, 5) is 21.7. The first-order chi connectivity index (χ1) is 9.76. The lowest BCUT2D eigenvalue weighted by Gasteiger charge is -2.06. The van der Waals surface area contributed by atoms with Crippen molar-refractivity contribution in [2.24, 2.45) is 0 Å². The molecule has 1 heterocycles. The summed E-state index contributed by atoms with van der Waals surface area (Å²) in [6.07, 6.45) is 7.54. The summed E-state index contributed by atoms with van der Waals surface area (Å²) in [6, 6.07) is 7.75. The average molecular weight is 285 g/mol. The number of nitrogens with one attached hydrogen (secondary N) is 1. The van der Waals surface area contributed by atoms with Crippen molar-refractivity contribution in [2.75, 3.05) is 11.6 Å². The smallest absolute Gasteiger partial charge is 0.258 e. The highest BCUT2D eigenvalue weighted by Gasteiger charge is 2.26. The lowest BCUT2D eigenvalue weighted by molar-refractivity contribution is 0.102. The molecule has 0 unspecified atom stereocenters. The third-order valence-corrected chi connectivity index (χ3v) is 3.93. The Bertz CT molecular complexity index is 623. The molecule has 1 aliphatic rings. The third-order valence-electron chi connectivity index (χ3n) is 3.20. The van der Waals surface area contributed by atoms with Crippen LogP contribution in [0.25, 0.3) is 0 Å². The van der Waals surface area contributed by atoms with Gasteiger partial charge in [0, 0.05) is 28.9 Å². The number of carbonyl (C=O) groups excluding carboxylic acids is 1. The molecule has 4 nitrogen and oxygen atoms in total. The summed E-state index contributed by atoms with van der Waals surface area (Å²) in [7, 11) is 0. The van der Waals surface area contributed by atoms with E-state index in [1.54, 1.807) is 24.2 Å². The Hall–Kier alpha value is -1.88. The molecule has 1 N–H and O–H groups in total. The Morgan fingerprint density at radius 1 is 1.30 bits per heavy atom. The number of anilines is 1. The Balaban J connectivity index is 1.71. The molecule has 0 radical (unpaired) electrons. The first-order valence-electron chi connectivity index (χ1n) is 6.53. The molecule has 1 fully saturated rings. The van der Waals surface area contributed by atoms with Crippen LogP contribution in [0.15, 0.2) is 41.6 Å². The van der Waals surface area contributed by atoms with Crippen LogP contribution in [0.2, 0.25) is 0 Å². The van der Waals surface area contributed by atoms with Gasteiger partial charge in [0.15, 0.2) is 0 Å². The van der Waals surface area contributed by atoms with Gasteiger partial charge in [-0.1, -0.05) is 6.07 Å². The number of carbonyl (C=O) groups is 1. The Kier molecular flexibility index (Phi) is 3.69. The first kappa shape index (κ1) is 13.1. The van der Waals surface area contributed by atoms with E-state index in [4.69, 9.17) is 0 Å². The van der Waals surface area contributed by atoms with Gasteiger partial charge < -0.3 is 5.32 Å². The summed E-state index contributed by atoms with van der Waals surface area (Å²) in [5.74, 6) is 1.18. The lowest BCUT2D eigenvalue weighted by Crippen LogP contribution is -2.13. The van der Waals surface area contributed by atoms with E-state index in [9.17, 15) is 4.79 Å². The van der Waals surface area contributed by atoms with Crippen LogP contribution in [0.4, 0.5) is 5.69 Å². The minimum Gasteiger partial charge on any atom is -0.322 e. The SMILES string of the molecule is CSc1cccc(NC(=O)c2cnc(C3CC3)nc2)c1. The molecular weight excluding hydrogens is 270 g/mol. The van der Waals surface area contributed by atoms with Crippen LogP contribution in [-0.2, 0) is 0 Å². The van der Waals surface area contributed by atoms with E-state index >= 15 is 0 Å². The fourth-order valence-electron chi connectivity index (χ4n) is 1.91.